The van der Waals surface area contributed by atoms with Gasteiger partial charge in [-0.15, -0.1) is 0 Å². The molecule has 2 aromatic rings. The van der Waals surface area contributed by atoms with Gasteiger partial charge in [-0.1, -0.05) is 46.9 Å². The zero-order valence-corrected chi connectivity index (χ0v) is 14.3. The van der Waals surface area contributed by atoms with E-state index in [0.29, 0.717) is 20.8 Å². The van der Waals surface area contributed by atoms with E-state index in [1.54, 1.807) is 12.1 Å². The summed E-state index contributed by atoms with van der Waals surface area (Å²) < 4.78 is 0. The summed E-state index contributed by atoms with van der Waals surface area (Å²) in [5, 5.41) is 15.7. The molecule has 122 valence electrons. The fraction of sp³-hybridized carbons (Fsp3) is 0.188. The molecule has 4 nitrogen and oxygen atoms in total. The van der Waals surface area contributed by atoms with E-state index in [9.17, 15) is 4.79 Å². The number of anilines is 2. The van der Waals surface area contributed by atoms with Crippen molar-refractivity contribution < 1.29 is 9.90 Å². The first kappa shape index (κ1) is 17.9. The molecule has 0 saturated carbocycles. The van der Waals surface area contributed by atoms with E-state index in [0.717, 1.165) is 11.3 Å². The second-order valence-electron chi connectivity index (χ2n) is 4.82. The number of hydrogen-bond acceptors (Lipinski definition) is 3. The summed E-state index contributed by atoms with van der Waals surface area (Å²) in [6, 6.07) is 10.5. The van der Waals surface area contributed by atoms with Gasteiger partial charge in [0.25, 0.3) is 0 Å². The minimum atomic E-state index is -0.154. The lowest BCUT2D eigenvalue weighted by molar-refractivity contribution is -0.120. The van der Waals surface area contributed by atoms with E-state index in [1.165, 1.54) is 0 Å². The SMILES string of the molecule is O=C(Cc1cccc(Nc2c(Cl)cc(Cl)cc2Cl)c1)NCCO. The number of aliphatic hydroxyl groups is 1. The van der Waals surface area contributed by atoms with Crippen LogP contribution >= 0.6 is 34.8 Å². The Balaban J connectivity index is 2.13. The molecular formula is C16H15Cl3N2O2. The molecule has 0 atom stereocenters. The molecule has 23 heavy (non-hydrogen) atoms. The molecule has 0 aliphatic carbocycles. The molecule has 0 aliphatic rings. The van der Waals surface area contributed by atoms with Gasteiger partial charge in [0.15, 0.2) is 0 Å². The largest absolute Gasteiger partial charge is 0.395 e. The van der Waals surface area contributed by atoms with Crippen molar-refractivity contribution in [2.45, 2.75) is 6.42 Å². The number of halogens is 3. The predicted octanol–water partition coefficient (Wildman–Crippen LogP) is 4.04. The smallest absolute Gasteiger partial charge is 0.224 e. The summed E-state index contributed by atoms with van der Waals surface area (Å²) in [5.41, 5.74) is 2.13. The fourth-order valence-electron chi connectivity index (χ4n) is 2.01. The van der Waals surface area contributed by atoms with E-state index in [1.807, 2.05) is 24.3 Å². The van der Waals surface area contributed by atoms with Gasteiger partial charge in [0.1, 0.15) is 0 Å². The monoisotopic (exact) mass is 372 g/mol. The van der Waals surface area contributed by atoms with Crippen molar-refractivity contribution in [2.75, 3.05) is 18.5 Å². The van der Waals surface area contributed by atoms with Gasteiger partial charge in [0, 0.05) is 17.3 Å². The summed E-state index contributed by atoms with van der Waals surface area (Å²) in [4.78, 5) is 11.7. The molecule has 2 aromatic carbocycles. The maximum Gasteiger partial charge on any atom is 0.224 e. The molecule has 0 spiro atoms. The fourth-order valence-corrected chi connectivity index (χ4v) is 2.92. The first-order valence-electron chi connectivity index (χ1n) is 6.87. The van der Waals surface area contributed by atoms with Gasteiger partial charge in [-0.25, -0.2) is 0 Å². The average Bonchev–Trinajstić information content (AvgIpc) is 2.49. The Kier molecular flexibility index (Phi) is 6.54. The molecule has 0 saturated heterocycles. The zero-order chi connectivity index (χ0) is 16.8. The normalized spacial score (nSPS) is 10.4. The van der Waals surface area contributed by atoms with Crippen LogP contribution in [0.25, 0.3) is 0 Å². The Labute approximate surface area is 149 Å². The molecule has 0 fully saturated rings. The lowest BCUT2D eigenvalue weighted by atomic mass is 10.1. The van der Waals surface area contributed by atoms with Gasteiger partial charge < -0.3 is 15.7 Å². The number of carbonyl (C=O) groups is 1. The molecule has 0 radical (unpaired) electrons. The minimum Gasteiger partial charge on any atom is -0.395 e. The van der Waals surface area contributed by atoms with E-state index < -0.39 is 0 Å². The van der Waals surface area contributed by atoms with Gasteiger partial charge in [-0.2, -0.15) is 0 Å². The van der Waals surface area contributed by atoms with Crippen molar-refractivity contribution >= 4 is 52.1 Å². The van der Waals surface area contributed by atoms with Crippen molar-refractivity contribution in [3.8, 4) is 0 Å². The Morgan fingerprint density at radius 3 is 2.43 bits per heavy atom. The number of aliphatic hydroxyl groups excluding tert-OH is 1. The van der Waals surface area contributed by atoms with E-state index >= 15 is 0 Å². The van der Waals surface area contributed by atoms with Crippen LogP contribution < -0.4 is 10.6 Å². The third-order valence-electron chi connectivity index (χ3n) is 3.00. The van der Waals surface area contributed by atoms with Crippen molar-refractivity contribution in [3.63, 3.8) is 0 Å². The highest BCUT2D eigenvalue weighted by Crippen LogP contribution is 2.35. The quantitative estimate of drug-likeness (QED) is 0.716. The van der Waals surface area contributed by atoms with E-state index in [2.05, 4.69) is 10.6 Å². The third-order valence-corrected chi connectivity index (χ3v) is 3.82. The van der Waals surface area contributed by atoms with Crippen molar-refractivity contribution in [1.82, 2.24) is 5.32 Å². The van der Waals surface area contributed by atoms with Crippen molar-refractivity contribution in [2.24, 2.45) is 0 Å². The lowest BCUT2D eigenvalue weighted by Crippen LogP contribution is -2.27. The predicted molar refractivity (Wildman–Crippen MR) is 95.0 cm³/mol. The molecule has 2 rings (SSSR count). The standard InChI is InChI=1S/C16H15Cl3N2O2/c17-11-8-13(18)16(14(19)9-11)21-12-3-1-2-10(6-12)7-15(23)20-4-5-22/h1-3,6,8-9,21-22H,4-5,7H2,(H,20,23). The Hall–Kier alpha value is -1.46. The highest BCUT2D eigenvalue weighted by Gasteiger charge is 2.09. The Bertz CT molecular complexity index is 684. The van der Waals surface area contributed by atoms with Gasteiger partial charge in [0.05, 0.1) is 28.8 Å². The summed E-state index contributed by atoms with van der Waals surface area (Å²) in [5.74, 6) is -0.154. The van der Waals surface area contributed by atoms with E-state index in [-0.39, 0.29) is 25.5 Å². The number of hydrogen-bond donors (Lipinski definition) is 3. The Morgan fingerprint density at radius 1 is 1.09 bits per heavy atom. The molecule has 0 heterocycles. The highest BCUT2D eigenvalue weighted by atomic mass is 35.5. The molecule has 0 bridgehead atoms. The second-order valence-corrected chi connectivity index (χ2v) is 6.07. The first-order valence-corrected chi connectivity index (χ1v) is 8.01. The summed E-state index contributed by atoms with van der Waals surface area (Å²) in [6.45, 7) is 0.160. The van der Waals surface area contributed by atoms with Gasteiger partial charge in [-0.3, -0.25) is 4.79 Å². The molecule has 7 heteroatoms. The van der Waals surface area contributed by atoms with E-state index in [4.69, 9.17) is 39.9 Å². The van der Waals surface area contributed by atoms with Crippen LogP contribution in [0.3, 0.4) is 0 Å². The maximum atomic E-state index is 11.7. The first-order chi connectivity index (χ1) is 11.0. The topological polar surface area (TPSA) is 61.4 Å². The minimum absolute atomic E-state index is 0.0824. The van der Waals surface area contributed by atoms with Crippen LogP contribution in [-0.2, 0) is 11.2 Å². The Morgan fingerprint density at radius 2 is 1.78 bits per heavy atom. The van der Waals surface area contributed by atoms with Gasteiger partial charge >= 0.3 is 0 Å². The van der Waals surface area contributed by atoms with Crippen LogP contribution in [0.15, 0.2) is 36.4 Å². The number of rotatable bonds is 6. The van der Waals surface area contributed by atoms with Crippen molar-refractivity contribution in [1.29, 1.82) is 0 Å². The zero-order valence-electron chi connectivity index (χ0n) is 12.1. The molecule has 0 unspecified atom stereocenters. The van der Waals surface area contributed by atoms with Crippen molar-refractivity contribution in [3.05, 3.63) is 57.0 Å². The lowest BCUT2D eigenvalue weighted by Gasteiger charge is -2.12. The van der Waals surface area contributed by atoms with Crippen LogP contribution in [0.1, 0.15) is 5.56 Å². The number of amides is 1. The van der Waals surface area contributed by atoms with Gasteiger partial charge in [0.2, 0.25) is 5.91 Å². The van der Waals surface area contributed by atoms with Crippen LogP contribution in [0.5, 0.6) is 0 Å². The van der Waals surface area contributed by atoms with Crippen LogP contribution in [-0.4, -0.2) is 24.2 Å². The summed E-state index contributed by atoms with van der Waals surface area (Å²) in [6.07, 6.45) is 0.220. The van der Waals surface area contributed by atoms with Crippen LogP contribution in [0, 0.1) is 0 Å². The van der Waals surface area contributed by atoms with Crippen LogP contribution in [0.2, 0.25) is 15.1 Å². The maximum absolute atomic E-state index is 11.7. The number of carbonyl (C=O) groups excluding carboxylic acids is 1. The summed E-state index contributed by atoms with van der Waals surface area (Å²) >= 11 is 18.2. The van der Waals surface area contributed by atoms with Crippen LogP contribution in [0.4, 0.5) is 11.4 Å². The molecule has 0 aromatic heterocycles. The average molecular weight is 374 g/mol. The van der Waals surface area contributed by atoms with Gasteiger partial charge in [-0.05, 0) is 29.8 Å². The molecule has 3 N–H and O–H groups in total. The molecule has 0 aliphatic heterocycles. The second kappa shape index (κ2) is 8.41. The summed E-state index contributed by atoms with van der Waals surface area (Å²) in [7, 11) is 0. The molecule has 1 amide bonds. The molecular weight excluding hydrogens is 359 g/mol. The number of benzene rings is 2. The number of nitrogens with one attached hydrogen (secondary N) is 2. The highest BCUT2D eigenvalue weighted by molar-refractivity contribution is 6.41. The third kappa shape index (κ3) is 5.29.